The van der Waals surface area contributed by atoms with E-state index in [0.717, 1.165) is 18.1 Å². The van der Waals surface area contributed by atoms with Gasteiger partial charge in [-0.2, -0.15) is 19.5 Å². The van der Waals surface area contributed by atoms with Crippen LogP contribution in [0.1, 0.15) is 17.6 Å². The summed E-state index contributed by atoms with van der Waals surface area (Å²) in [6.45, 7) is 3.84. The third kappa shape index (κ3) is 5.06. The molecular weight excluding hydrogens is 424 g/mol. The van der Waals surface area contributed by atoms with Crippen LogP contribution in [0.3, 0.4) is 0 Å². The van der Waals surface area contributed by atoms with E-state index in [0.29, 0.717) is 32.1 Å². The Morgan fingerprint density at radius 3 is 2.62 bits per heavy atom. The topological polar surface area (TPSA) is 126 Å². The Labute approximate surface area is 182 Å². The van der Waals surface area contributed by atoms with Crippen LogP contribution >= 0.6 is 0 Å². The molecule has 1 aliphatic rings. The molecular formula is C19H23F2N9O2. The van der Waals surface area contributed by atoms with Gasteiger partial charge in [-0.1, -0.05) is 0 Å². The molecule has 11 nitrogen and oxygen atoms in total. The minimum atomic E-state index is -0.678. The first kappa shape index (κ1) is 21.8. The highest BCUT2D eigenvalue weighted by Crippen LogP contribution is 2.28. The summed E-state index contributed by atoms with van der Waals surface area (Å²) >= 11 is 0. The molecule has 0 radical (unpaired) electrons. The van der Waals surface area contributed by atoms with E-state index in [4.69, 9.17) is 9.47 Å². The van der Waals surface area contributed by atoms with Gasteiger partial charge in [0.15, 0.2) is 29.1 Å². The molecule has 32 heavy (non-hydrogen) atoms. The highest BCUT2D eigenvalue weighted by Gasteiger charge is 2.25. The largest absolute Gasteiger partial charge is 0.382 e. The van der Waals surface area contributed by atoms with Crippen molar-refractivity contribution in [3.63, 3.8) is 0 Å². The molecule has 1 aliphatic heterocycles. The quantitative estimate of drug-likeness (QED) is 0.472. The predicted molar refractivity (Wildman–Crippen MR) is 112 cm³/mol. The van der Waals surface area contributed by atoms with Crippen LogP contribution in [0.4, 0.5) is 32.2 Å². The van der Waals surface area contributed by atoms with Gasteiger partial charge in [-0.05, 0) is 6.92 Å². The predicted octanol–water partition coefficient (Wildman–Crippen LogP) is 1.96. The number of hydrogen-bond acceptors (Lipinski definition) is 10. The van der Waals surface area contributed by atoms with Gasteiger partial charge in [-0.15, -0.1) is 0 Å². The van der Waals surface area contributed by atoms with Crippen molar-refractivity contribution < 1.29 is 18.3 Å². The number of methoxy groups -OCH3 is 1. The van der Waals surface area contributed by atoms with Gasteiger partial charge in [0.25, 0.3) is 0 Å². The van der Waals surface area contributed by atoms with E-state index < -0.39 is 17.7 Å². The molecule has 1 fully saturated rings. The van der Waals surface area contributed by atoms with Crippen molar-refractivity contribution in [1.82, 2.24) is 30.1 Å². The third-order valence-electron chi connectivity index (χ3n) is 4.69. The zero-order valence-electron chi connectivity index (χ0n) is 17.6. The Balaban J connectivity index is 1.69. The molecule has 0 amide bonds. The van der Waals surface area contributed by atoms with Crippen molar-refractivity contribution in [2.75, 3.05) is 55.6 Å². The lowest BCUT2D eigenvalue weighted by Gasteiger charge is -2.29. The van der Waals surface area contributed by atoms with Gasteiger partial charge >= 0.3 is 0 Å². The Morgan fingerprint density at radius 2 is 1.97 bits per heavy atom. The number of morpholine rings is 1. The number of aromatic nitrogens is 6. The zero-order chi connectivity index (χ0) is 22.5. The van der Waals surface area contributed by atoms with Gasteiger partial charge in [0.2, 0.25) is 11.8 Å². The fourth-order valence-electron chi connectivity index (χ4n) is 3.18. The molecule has 3 N–H and O–H groups in total. The fraction of sp³-hybridized carbons (Fsp3) is 0.421. The highest BCUT2D eigenvalue weighted by atomic mass is 19.1. The van der Waals surface area contributed by atoms with E-state index in [2.05, 4.69) is 40.8 Å². The van der Waals surface area contributed by atoms with Gasteiger partial charge in [0.1, 0.15) is 6.04 Å². The van der Waals surface area contributed by atoms with Crippen molar-refractivity contribution in [1.29, 1.82) is 0 Å². The summed E-state index contributed by atoms with van der Waals surface area (Å²) in [6.07, 6.45) is 2.07. The Morgan fingerprint density at radius 1 is 1.22 bits per heavy atom. The molecule has 0 saturated carbocycles. The van der Waals surface area contributed by atoms with E-state index in [-0.39, 0.29) is 30.0 Å². The van der Waals surface area contributed by atoms with Crippen LogP contribution < -0.4 is 15.5 Å². The van der Waals surface area contributed by atoms with Gasteiger partial charge in [0, 0.05) is 32.0 Å². The van der Waals surface area contributed by atoms with Crippen LogP contribution in [-0.4, -0.2) is 70.2 Å². The summed E-state index contributed by atoms with van der Waals surface area (Å²) in [5.41, 5.74) is 0.843. The number of ether oxygens (including phenoxy) is 2. The minimum Gasteiger partial charge on any atom is -0.382 e. The molecule has 13 heteroatoms. The summed E-state index contributed by atoms with van der Waals surface area (Å²) in [5.74, 6) is -0.298. The molecule has 0 spiro atoms. The van der Waals surface area contributed by atoms with E-state index in [9.17, 15) is 4.39 Å². The molecule has 3 aromatic heterocycles. The zero-order valence-corrected chi connectivity index (χ0v) is 17.6. The molecule has 4 heterocycles. The van der Waals surface area contributed by atoms with Crippen molar-refractivity contribution in [2.45, 2.75) is 13.0 Å². The molecule has 0 aliphatic carbocycles. The molecule has 0 bridgehead atoms. The first-order chi connectivity index (χ1) is 15.5. The first-order valence-corrected chi connectivity index (χ1v) is 9.95. The number of rotatable bonds is 8. The number of halogens is 2. The number of aryl methyl sites for hydroxylation is 1. The number of aromatic amines is 1. The number of nitrogens with zero attached hydrogens (tertiary/aromatic N) is 6. The third-order valence-corrected chi connectivity index (χ3v) is 4.69. The lowest BCUT2D eigenvalue weighted by atomic mass is 10.2. The normalized spacial score (nSPS) is 14.9. The minimum absolute atomic E-state index is 0.0776. The van der Waals surface area contributed by atoms with Crippen LogP contribution in [0.2, 0.25) is 0 Å². The van der Waals surface area contributed by atoms with Gasteiger partial charge in [-0.25, -0.2) is 14.4 Å². The number of hydrogen-bond donors (Lipinski definition) is 3. The summed E-state index contributed by atoms with van der Waals surface area (Å²) in [6, 6.07) is 1.09. The highest BCUT2D eigenvalue weighted by molar-refractivity contribution is 5.59. The van der Waals surface area contributed by atoms with Crippen LogP contribution in [-0.2, 0) is 9.47 Å². The van der Waals surface area contributed by atoms with Crippen LogP contribution in [0.25, 0.3) is 0 Å². The van der Waals surface area contributed by atoms with Crippen molar-refractivity contribution in [3.8, 4) is 0 Å². The molecule has 1 saturated heterocycles. The number of H-pyrrole nitrogens is 1. The van der Waals surface area contributed by atoms with Gasteiger partial charge < -0.3 is 25.0 Å². The maximum Gasteiger partial charge on any atom is 0.232 e. The van der Waals surface area contributed by atoms with Crippen molar-refractivity contribution >= 4 is 23.4 Å². The summed E-state index contributed by atoms with van der Waals surface area (Å²) in [7, 11) is 1.49. The lowest BCUT2D eigenvalue weighted by molar-refractivity contribution is 0.122. The molecule has 1 unspecified atom stereocenters. The second kappa shape index (κ2) is 9.78. The number of nitrogens with one attached hydrogen (secondary N) is 3. The fourth-order valence-corrected chi connectivity index (χ4v) is 3.18. The lowest BCUT2D eigenvalue weighted by Crippen LogP contribution is -2.37. The average molecular weight is 447 g/mol. The second-order valence-electron chi connectivity index (χ2n) is 7.11. The van der Waals surface area contributed by atoms with Crippen molar-refractivity contribution in [3.05, 3.63) is 41.6 Å². The smallest absolute Gasteiger partial charge is 0.232 e. The van der Waals surface area contributed by atoms with E-state index in [1.54, 1.807) is 11.0 Å². The average Bonchev–Trinajstić information content (AvgIpc) is 3.21. The summed E-state index contributed by atoms with van der Waals surface area (Å²) in [4.78, 5) is 18.4. The van der Waals surface area contributed by atoms with Crippen LogP contribution in [0, 0.1) is 18.6 Å². The Kier molecular flexibility index (Phi) is 6.66. The standard InChI is InChI=1S/C19H23F2N9O2/c1-11-7-14(29-28-11)25-19-26-17(15(21)18(27-19)30-3-5-32-6-4-30)24-13(10-31-2)16-22-8-12(20)9-23-16/h7-9,13H,3-6,10H2,1-2H3,(H3,24,25,26,27,28,29). The van der Waals surface area contributed by atoms with Gasteiger partial charge in [0.05, 0.1) is 32.2 Å². The SMILES string of the molecule is COCC(Nc1nc(Nc2cc(C)[nH]n2)nc(N2CCOCC2)c1F)c1ncc(F)cn1. The monoisotopic (exact) mass is 447 g/mol. The molecule has 170 valence electrons. The maximum absolute atomic E-state index is 15.5. The molecule has 3 aromatic rings. The van der Waals surface area contributed by atoms with Crippen LogP contribution in [0.5, 0.6) is 0 Å². The Bertz CT molecular complexity index is 1040. The van der Waals surface area contributed by atoms with Gasteiger partial charge in [-0.3, -0.25) is 5.10 Å². The summed E-state index contributed by atoms with van der Waals surface area (Å²) in [5, 5.41) is 12.9. The molecule has 4 rings (SSSR count). The van der Waals surface area contributed by atoms with E-state index in [1.165, 1.54) is 7.11 Å². The second-order valence-corrected chi connectivity index (χ2v) is 7.11. The molecule has 0 aromatic carbocycles. The number of anilines is 4. The summed E-state index contributed by atoms with van der Waals surface area (Å²) < 4.78 is 39.3. The Hall–Kier alpha value is -3.45. The maximum atomic E-state index is 15.5. The van der Waals surface area contributed by atoms with E-state index in [1.807, 2.05) is 6.92 Å². The van der Waals surface area contributed by atoms with Crippen molar-refractivity contribution in [2.24, 2.45) is 0 Å². The first-order valence-electron chi connectivity index (χ1n) is 9.95. The molecule has 1 atom stereocenters. The van der Waals surface area contributed by atoms with Crippen LogP contribution in [0.15, 0.2) is 18.5 Å². The van der Waals surface area contributed by atoms with E-state index >= 15 is 4.39 Å².